The Morgan fingerprint density at radius 3 is 2.22 bits per heavy atom. The van der Waals surface area contributed by atoms with E-state index >= 15 is 0 Å². The lowest BCUT2D eigenvalue weighted by Gasteiger charge is -2.26. The van der Waals surface area contributed by atoms with E-state index in [2.05, 4.69) is 4.99 Å². The summed E-state index contributed by atoms with van der Waals surface area (Å²) in [6.07, 6.45) is -0.266. The maximum absolute atomic E-state index is 5.97. The molecule has 2 aromatic rings. The monoisotopic (exact) mass is 313 g/mol. The van der Waals surface area contributed by atoms with Gasteiger partial charge in [0.15, 0.2) is 23.5 Å². The van der Waals surface area contributed by atoms with Gasteiger partial charge in [0.2, 0.25) is 5.75 Å². The molecule has 2 aromatic carbocycles. The number of methoxy groups -OCH3 is 3. The van der Waals surface area contributed by atoms with Crippen molar-refractivity contribution in [3.63, 3.8) is 0 Å². The van der Waals surface area contributed by atoms with Gasteiger partial charge in [-0.3, -0.25) is 0 Å². The quantitative estimate of drug-likeness (QED) is 0.859. The number of benzene rings is 2. The Morgan fingerprint density at radius 2 is 1.61 bits per heavy atom. The fourth-order valence-electron chi connectivity index (χ4n) is 2.74. The molecule has 0 bridgehead atoms. The van der Waals surface area contributed by atoms with Crippen LogP contribution in [0.3, 0.4) is 0 Å². The molecule has 0 amide bonds. The van der Waals surface area contributed by atoms with E-state index in [1.807, 2.05) is 43.3 Å². The number of fused-ring (bicyclic) bond motifs is 1. The van der Waals surface area contributed by atoms with Crippen LogP contribution in [0, 0.1) is 0 Å². The van der Waals surface area contributed by atoms with Crippen LogP contribution in [0.25, 0.3) is 0 Å². The Balaban J connectivity index is 2.14. The highest BCUT2D eigenvalue weighted by atomic mass is 16.5. The minimum Gasteiger partial charge on any atom is -0.493 e. The van der Waals surface area contributed by atoms with Gasteiger partial charge in [-0.25, -0.2) is 4.99 Å². The highest BCUT2D eigenvalue weighted by Gasteiger charge is 2.26. The van der Waals surface area contributed by atoms with Gasteiger partial charge in [-0.2, -0.15) is 0 Å². The Labute approximate surface area is 135 Å². The minimum absolute atomic E-state index is 0.266. The van der Waals surface area contributed by atoms with Gasteiger partial charge in [0.1, 0.15) is 0 Å². The van der Waals surface area contributed by atoms with Gasteiger partial charge in [-0.05, 0) is 18.2 Å². The molecular formula is C18H19NO4. The number of nitrogens with zero attached hydrogens (tertiary/aromatic N) is 1. The second-order valence-electron chi connectivity index (χ2n) is 5.15. The van der Waals surface area contributed by atoms with Crippen molar-refractivity contribution in [2.45, 2.75) is 13.0 Å². The molecule has 3 rings (SSSR count). The van der Waals surface area contributed by atoms with E-state index in [4.69, 9.17) is 18.9 Å². The second-order valence-corrected chi connectivity index (χ2v) is 5.15. The van der Waals surface area contributed by atoms with E-state index in [0.29, 0.717) is 23.1 Å². The Hall–Kier alpha value is -2.69. The van der Waals surface area contributed by atoms with Crippen LogP contribution in [-0.2, 0) is 4.74 Å². The van der Waals surface area contributed by atoms with Crippen LogP contribution in [-0.4, -0.2) is 27.2 Å². The third kappa shape index (κ3) is 2.70. The predicted octanol–water partition coefficient (Wildman–Crippen LogP) is 3.88. The van der Waals surface area contributed by atoms with E-state index < -0.39 is 0 Å². The van der Waals surface area contributed by atoms with Crippen molar-refractivity contribution in [1.29, 1.82) is 0 Å². The first-order chi connectivity index (χ1) is 11.2. The van der Waals surface area contributed by atoms with E-state index in [-0.39, 0.29) is 6.10 Å². The number of hydrogen-bond acceptors (Lipinski definition) is 5. The lowest BCUT2D eigenvalue weighted by Crippen LogP contribution is -2.14. The van der Waals surface area contributed by atoms with Crippen LogP contribution in [0.4, 0.5) is 5.69 Å². The fraction of sp³-hybridized carbons (Fsp3) is 0.278. The van der Waals surface area contributed by atoms with Gasteiger partial charge < -0.3 is 18.9 Å². The summed E-state index contributed by atoms with van der Waals surface area (Å²) in [5.74, 6) is 2.39. The zero-order valence-corrected chi connectivity index (χ0v) is 13.6. The Morgan fingerprint density at radius 1 is 0.957 bits per heavy atom. The largest absolute Gasteiger partial charge is 0.493 e. The first-order valence-corrected chi connectivity index (χ1v) is 7.28. The molecule has 1 heterocycles. The van der Waals surface area contributed by atoms with Crippen molar-refractivity contribution < 1.29 is 18.9 Å². The number of hydrogen-bond donors (Lipinski definition) is 0. The molecule has 0 aromatic heterocycles. The van der Waals surface area contributed by atoms with Gasteiger partial charge in [-0.1, -0.05) is 18.2 Å². The molecular weight excluding hydrogens is 294 g/mol. The lowest BCUT2D eigenvalue weighted by molar-refractivity contribution is 0.224. The number of ether oxygens (including phenoxy) is 4. The van der Waals surface area contributed by atoms with Crippen LogP contribution in [0.2, 0.25) is 0 Å². The molecule has 0 aliphatic carbocycles. The summed E-state index contributed by atoms with van der Waals surface area (Å²) in [6, 6.07) is 11.7. The molecule has 0 fully saturated rings. The summed E-state index contributed by atoms with van der Waals surface area (Å²) in [4.78, 5) is 4.45. The highest BCUT2D eigenvalue weighted by Crippen LogP contribution is 2.44. The molecule has 1 atom stereocenters. The van der Waals surface area contributed by atoms with Crippen molar-refractivity contribution in [3.8, 4) is 17.2 Å². The van der Waals surface area contributed by atoms with Crippen LogP contribution in [0.15, 0.2) is 41.4 Å². The summed E-state index contributed by atoms with van der Waals surface area (Å²) in [6.45, 7) is 1.85. The van der Waals surface area contributed by atoms with Gasteiger partial charge >= 0.3 is 0 Å². The highest BCUT2D eigenvalue weighted by molar-refractivity contribution is 5.80. The van der Waals surface area contributed by atoms with Crippen LogP contribution < -0.4 is 14.2 Å². The van der Waals surface area contributed by atoms with E-state index in [9.17, 15) is 0 Å². The van der Waals surface area contributed by atoms with Crippen molar-refractivity contribution in [2.75, 3.05) is 21.3 Å². The first-order valence-electron chi connectivity index (χ1n) is 7.28. The summed E-state index contributed by atoms with van der Waals surface area (Å²) in [7, 11) is 4.79. The SMILES string of the molecule is COc1cc(C2OC(C)=Nc3ccccc32)cc(OC)c1OC. The molecule has 0 spiro atoms. The third-order valence-corrected chi connectivity index (χ3v) is 3.78. The van der Waals surface area contributed by atoms with Gasteiger partial charge in [-0.15, -0.1) is 0 Å². The van der Waals surface area contributed by atoms with Crippen molar-refractivity contribution in [2.24, 2.45) is 4.99 Å². The molecule has 1 aliphatic rings. The normalized spacial score (nSPS) is 16.0. The van der Waals surface area contributed by atoms with Crippen LogP contribution in [0.1, 0.15) is 24.2 Å². The standard InChI is InChI=1S/C18H19NO4/c1-11-19-14-8-6-5-7-13(14)17(23-11)12-9-15(20-2)18(22-4)16(10-12)21-3/h5-10,17H,1-4H3. The molecule has 1 aliphatic heterocycles. The molecule has 0 radical (unpaired) electrons. The molecule has 120 valence electrons. The van der Waals surface area contributed by atoms with E-state index in [0.717, 1.165) is 16.8 Å². The van der Waals surface area contributed by atoms with Crippen molar-refractivity contribution in [3.05, 3.63) is 47.5 Å². The summed E-state index contributed by atoms with van der Waals surface area (Å²) in [5, 5.41) is 0. The van der Waals surface area contributed by atoms with Crippen LogP contribution >= 0.6 is 0 Å². The first kappa shape index (κ1) is 15.2. The van der Waals surface area contributed by atoms with Crippen molar-refractivity contribution in [1.82, 2.24) is 0 Å². The molecule has 5 heteroatoms. The zero-order valence-electron chi connectivity index (χ0n) is 13.6. The van der Waals surface area contributed by atoms with Crippen molar-refractivity contribution >= 4 is 11.6 Å². The van der Waals surface area contributed by atoms with Crippen LogP contribution in [0.5, 0.6) is 17.2 Å². The van der Waals surface area contributed by atoms with E-state index in [1.54, 1.807) is 21.3 Å². The number of para-hydroxylation sites is 1. The molecule has 1 unspecified atom stereocenters. The van der Waals surface area contributed by atoms with E-state index in [1.165, 1.54) is 0 Å². The average molecular weight is 313 g/mol. The summed E-state index contributed by atoms with van der Waals surface area (Å²) >= 11 is 0. The zero-order chi connectivity index (χ0) is 16.4. The Bertz CT molecular complexity index is 729. The van der Waals surface area contributed by atoms with Gasteiger partial charge in [0, 0.05) is 18.1 Å². The fourth-order valence-corrected chi connectivity index (χ4v) is 2.74. The smallest absolute Gasteiger partial charge is 0.203 e. The molecule has 23 heavy (non-hydrogen) atoms. The summed E-state index contributed by atoms with van der Waals surface area (Å²) < 4.78 is 22.2. The Kier molecular flexibility index (Phi) is 4.10. The lowest BCUT2D eigenvalue weighted by atomic mass is 9.98. The maximum atomic E-state index is 5.97. The minimum atomic E-state index is -0.266. The molecule has 0 N–H and O–H groups in total. The molecule has 5 nitrogen and oxygen atoms in total. The molecule has 0 saturated heterocycles. The second kappa shape index (κ2) is 6.20. The van der Waals surface area contributed by atoms with Gasteiger partial charge in [0.25, 0.3) is 0 Å². The number of rotatable bonds is 4. The predicted molar refractivity (Wildman–Crippen MR) is 88.2 cm³/mol. The molecule has 0 saturated carbocycles. The number of aliphatic imine (C=N–C) groups is 1. The average Bonchev–Trinajstić information content (AvgIpc) is 2.59. The topological polar surface area (TPSA) is 49.3 Å². The maximum Gasteiger partial charge on any atom is 0.203 e. The van der Waals surface area contributed by atoms with Gasteiger partial charge in [0.05, 0.1) is 27.0 Å². The summed E-state index contributed by atoms with van der Waals surface area (Å²) in [5.41, 5.74) is 2.84. The third-order valence-electron chi connectivity index (χ3n) is 3.78.